The molecule has 3 aliphatic rings. The molecule has 1 N–H and O–H groups in total. The minimum absolute atomic E-state index is 0.697. The van der Waals surface area contributed by atoms with E-state index in [9.17, 15) is 0 Å². The first-order chi connectivity index (χ1) is 10.8. The van der Waals surface area contributed by atoms with Gasteiger partial charge in [-0.05, 0) is 44.0 Å². The molecule has 0 aliphatic carbocycles. The van der Waals surface area contributed by atoms with E-state index in [4.69, 9.17) is 4.98 Å². The van der Waals surface area contributed by atoms with Crippen molar-refractivity contribution in [3.8, 4) is 0 Å². The molecule has 4 nitrogen and oxygen atoms in total. The van der Waals surface area contributed by atoms with Crippen molar-refractivity contribution >= 4 is 11.0 Å². The Kier molecular flexibility index (Phi) is 3.89. The van der Waals surface area contributed by atoms with Gasteiger partial charge in [0.05, 0.1) is 11.0 Å². The van der Waals surface area contributed by atoms with Gasteiger partial charge in [-0.3, -0.25) is 0 Å². The van der Waals surface area contributed by atoms with Gasteiger partial charge in [-0.1, -0.05) is 19.1 Å². The topological polar surface area (TPSA) is 33.1 Å². The third kappa shape index (κ3) is 2.55. The molecule has 0 unspecified atom stereocenters. The van der Waals surface area contributed by atoms with Crippen LogP contribution in [0.25, 0.3) is 11.0 Å². The van der Waals surface area contributed by atoms with Crippen LogP contribution in [0.15, 0.2) is 24.3 Å². The van der Waals surface area contributed by atoms with Gasteiger partial charge in [0, 0.05) is 32.1 Å². The second kappa shape index (κ2) is 6.01. The predicted molar refractivity (Wildman–Crippen MR) is 90.1 cm³/mol. The van der Waals surface area contributed by atoms with E-state index in [1.165, 1.54) is 43.8 Å². The van der Waals surface area contributed by atoms with E-state index >= 15 is 0 Å². The minimum atomic E-state index is 0.697. The van der Waals surface area contributed by atoms with Crippen molar-refractivity contribution in [2.24, 2.45) is 5.92 Å². The van der Waals surface area contributed by atoms with Crippen LogP contribution in [0.3, 0.4) is 0 Å². The van der Waals surface area contributed by atoms with Crippen molar-refractivity contribution < 1.29 is 0 Å². The molecular weight excluding hydrogens is 272 g/mol. The van der Waals surface area contributed by atoms with Crippen molar-refractivity contribution in [1.29, 1.82) is 0 Å². The van der Waals surface area contributed by atoms with Crippen LogP contribution in [0.5, 0.6) is 0 Å². The van der Waals surface area contributed by atoms with Crippen molar-refractivity contribution in [2.45, 2.75) is 38.8 Å². The highest BCUT2D eigenvalue weighted by Gasteiger charge is 2.33. The lowest BCUT2D eigenvalue weighted by Crippen LogP contribution is -2.56. The molecule has 1 aromatic carbocycles. The monoisotopic (exact) mass is 298 g/mol. The maximum absolute atomic E-state index is 4.76. The fourth-order valence-electron chi connectivity index (χ4n) is 4.20. The van der Waals surface area contributed by atoms with Crippen LogP contribution in [0.4, 0.5) is 0 Å². The van der Waals surface area contributed by atoms with Crippen LogP contribution in [-0.4, -0.2) is 46.7 Å². The molecule has 0 saturated carbocycles. The Morgan fingerprint density at radius 1 is 1.23 bits per heavy atom. The Labute approximate surface area is 132 Å². The SMILES string of the molecule is CCc1nc2ccccc2n1CCN[C@H]1CN2CCC1CC2. The summed E-state index contributed by atoms with van der Waals surface area (Å²) in [7, 11) is 0. The predicted octanol–water partition coefficient (Wildman–Crippen LogP) is 2.28. The largest absolute Gasteiger partial charge is 0.327 e. The molecule has 4 heterocycles. The van der Waals surface area contributed by atoms with Crippen LogP contribution < -0.4 is 5.32 Å². The van der Waals surface area contributed by atoms with Crippen LogP contribution in [0.1, 0.15) is 25.6 Å². The van der Waals surface area contributed by atoms with E-state index < -0.39 is 0 Å². The summed E-state index contributed by atoms with van der Waals surface area (Å²) in [5.74, 6) is 2.10. The number of nitrogens with one attached hydrogen (secondary N) is 1. The van der Waals surface area contributed by atoms with Gasteiger partial charge in [0.15, 0.2) is 0 Å². The normalized spacial score (nSPS) is 27.6. The standard InChI is InChI=1S/C18H26N4/c1-2-18-20-15-5-3-4-6-17(15)22(18)12-9-19-16-13-21-10-7-14(16)8-11-21/h3-6,14,16,19H,2,7-13H2,1H3/t16-/m0/s1. The molecule has 0 amide bonds. The molecule has 0 radical (unpaired) electrons. The lowest BCUT2D eigenvalue weighted by Gasteiger charge is -2.45. The van der Waals surface area contributed by atoms with Crippen LogP contribution >= 0.6 is 0 Å². The van der Waals surface area contributed by atoms with Crippen molar-refractivity contribution in [1.82, 2.24) is 19.8 Å². The summed E-state index contributed by atoms with van der Waals surface area (Å²) in [5, 5.41) is 3.82. The van der Waals surface area contributed by atoms with Crippen LogP contribution in [-0.2, 0) is 13.0 Å². The summed E-state index contributed by atoms with van der Waals surface area (Å²) in [6, 6.07) is 9.19. The zero-order valence-electron chi connectivity index (χ0n) is 13.5. The fraction of sp³-hybridized carbons (Fsp3) is 0.611. The van der Waals surface area contributed by atoms with E-state index in [-0.39, 0.29) is 0 Å². The maximum Gasteiger partial charge on any atom is 0.109 e. The summed E-state index contributed by atoms with van der Waals surface area (Å²) >= 11 is 0. The summed E-state index contributed by atoms with van der Waals surface area (Å²) in [5.41, 5.74) is 2.40. The molecule has 4 heteroatoms. The number of hydrogen-bond donors (Lipinski definition) is 1. The number of para-hydroxylation sites is 2. The number of hydrogen-bond acceptors (Lipinski definition) is 3. The number of piperidine rings is 3. The van der Waals surface area contributed by atoms with Crippen LogP contribution in [0.2, 0.25) is 0 Å². The number of imidazole rings is 1. The maximum atomic E-state index is 4.76. The van der Waals surface area contributed by atoms with E-state index in [1.54, 1.807) is 0 Å². The van der Waals surface area contributed by atoms with Gasteiger partial charge in [0.2, 0.25) is 0 Å². The van der Waals surface area contributed by atoms with Crippen molar-refractivity contribution in [3.63, 3.8) is 0 Å². The third-order valence-electron chi connectivity index (χ3n) is 5.45. The molecule has 5 rings (SSSR count). The number of rotatable bonds is 5. The molecular formula is C18H26N4. The molecule has 3 aliphatic heterocycles. The highest BCUT2D eigenvalue weighted by atomic mass is 15.2. The lowest BCUT2D eigenvalue weighted by molar-refractivity contribution is 0.0725. The Balaban J connectivity index is 1.43. The summed E-state index contributed by atoms with van der Waals surface area (Å²) < 4.78 is 2.39. The van der Waals surface area contributed by atoms with E-state index in [1.807, 2.05) is 0 Å². The van der Waals surface area contributed by atoms with Crippen molar-refractivity contribution in [3.05, 3.63) is 30.1 Å². The number of fused-ring (bicyclic) bond motifs is 4. The minimum Gasteiger partial charge on any atom is -0.327 e. The number of aromatic nitrogens is 2. The second-order valence-corrected chi connectivity index (χ2v) is 6.72. The molecule has 22 heavy (non-hydrogen) atoms. The summed E-state index contributed by atoms with van der Waals surface area (Å²) in [6.07, 6.45) is 3.76. The molecule has 118 valence electrons. The first-order valence-electron chi connectivity index (χ1n) is 8.75. The van der Waals surface area contributed by atoms with Crippen LogP contribution in [0, 0.1) is 5.92 Å². The van der Waals surface area contributed by atoms with E-state index in [2.05, 4.69) is 46.0 Å². The van der Waals surface area contributed by atoms with Gasteiger partial charge >= 0.3 is 0 Å². The Morgan fingerprint density at radius 3 is 2.77 bits per heavy atom. The summed E-state index contributed by atoms with van der Waals surface area (Å²) in [4.78, 5) is 7.37. The Morgan fingerprint density at radius 2 is 2.05 bits per heavy atom. The van der Waals surface area contributed by atoms with Gasteiger partial charge in [-0.15, -0.1) is 0 Å². The smallest absolute Gasteiger partial charge is 0.109 e. The fourth-order valence-corrected chi connectivity index (χ4v) is 4.20. The first kappa shape index (κ1) is 14.2. The van der Waals surface area contributed by atoms with E-state index in [0.29, 0.717) is 6.04 Å². The zero-order chi connectivity index (χ0) is 14.9. The van der Waals surface area contributed by atoms with Gasteiger partial charge in [-0.25, -0.2) is 4.98 Å². The van der Waals surface area contributed by atoms with E-state index in [0.717, 1.165) is 30.9 Å². The highest BCUT2D eigenvalue weighted by Crippen LogP contribution is 2.27. The number of aryl methyl sites for hydroxylation is 1. The second-order valence-electron chi connectivity index (χ2n) is 6.72. The lowest BCUT2D eigenvalue weighted by atomic mass is 9.84. The average molecular weight is 298 g/mol. The highest BCUT2D eigenvalue weighted by molar-refractivity contribution is 5.75. The van der Waals surface area contributed by atoms with Gasteiger partial charge < -0.3 is 14.8 Å². The molecule has 0 spiro atoms. The van der Waals surface area contributed by atoms with Crippen molar-refractivity contribution in [2.75, 3.05) is 26.2 Å². The Hall–Kier alpha value is -1.39. The molecule has 1 atom stereocenters. The van der Waals surface area contributed by atoms with Gasteiger partial charge in [0.25, 0.3) is 0 Å². The molecule has 1 aromatic heterocycles. The average Bonchev–Trinajstić information content (AvgIpc) is 2.94. The number of nitrogens with zero attached hydrogens (tertiary/aromatic N) is 3. The van der Waals surface area contributed by atoms with Gasteiger partial charge in [-0.2, -0.15) is 0 Å². The van der Waals surface area contributed by atoms with Gasteiger partial charge in [0.1, 0.15) is 5.82 Å². The molecule has 3 fully saturated rings. The quantitative estimate of drug-likeness (QED) is 0.919. The molecule has 2 bridgehead atoms. The molecule has 3 saturated heterocycles. The third-order valence-corrected chi connectivity index (χ3v) is 5.45. The number of benzene rings is 1. The Bertz CT molecular complexity index is 640. The molecule has 2 aromatic rings. The zero-order valence-corrected chi connectivity index (χ0v) is 13.5. The summed E-state index contributed by atoms with van der Waals surface area (Å²) in [6.45, 7) is 8.13. The first-order valence-corrected chi connectivity index (χ1v) is 8.75.